The number of ketones is 1. The lowest BCUT2D eigenvalue weighted by atomic mass is 9.95. The van der Waals surface area contributed by atoms with E-state index in [0.29, 0.717) is 34.1 Å². The van der Waals surface area contributed by atoms with Gasteiger partial charge < -0.3 is 29.4 Å². The lowest BCUT2D eigenvalue weighted by Crippen LogP contribution is -2.21. The van der Waals surface area contributed by atoms with Gasteiger partial charge in [-0.1, -0.05) is 6.07 Å². The molecule has 3 rings (SSSR count). The van der Waals surface area contributed by atoms with Crippen molar-refractivity contribution in [2.24, 2.45) is 0 Å². The first-order valence-electron chi connectivity index (χ1n) is 8.67. The van der Waals surface area contributed by atoms with Crippen LogP contribution in [0.15, 0.2) is 42.0 Å². The molecule has 1 aliphatic heterocycles. The number of aliphatic hydroxyl groups is 1. The second-order valence-corrected chi connectivity index (χ2v) is 6.18. The van der Waals surface area contributed by atoms with Crippen LogP contribution in [0.3, 0.4) is 0 Å². The van der Waals surface area contributed by atoms with Crippen LogP contribution in [0.4, 0.5) is 0 Å². The lowest BCUT2D eigenvalue weighted by molar-refractivity contribution is -0.133. The molecule has 0 bridgehead atoms. The molecule has 0 saturated carbocycles. The van der Waals surface area contributed by atoms with E-state index in [1.807, 2.05) is 0 Å². The zero-order chi connectivity index (χ0) is 21.1. The number of hydrogen-bond donors (Lipinski definition) is 2. The molecule has 1 amide bonds. The number of hydrogen-bond acceptors (Lipinski definition) is 7. The van der Waals surface area contributed by atoms with E-state index in [2.05, 4.69) is 5.32 Å². The summed E-state index contributed by atoms with van der Waals surface area (Å²) in [6.07, 6.45) is 0. The van der Waals surface area contributed by atoms with Crippen LogP contribution in [0.25, 0.3) is 5.76 Å². The highest BCUT2D eigenvalue weighted by atomic mass is 16.5. The Morgan fingerprint density at radius 2 is 1.38 bits per heavy atom. The van der Waals surface area contributed by atoms with E-state index < -0.39 is 17.7 Å². The predicted molar refractivity (Wildman–Crippen MR) is 105 cm³/mol. The fraction of sp³-hybridized carbons (Fsp3) is 0.238. The Morgan fingerprint density at radius 3 is 1.97 bits per heavy atom. The van der Waals surface area contributed by atoms with Crippen molar-refractivity contribution in [3.8, 4) is 23.0 Å². The van der Waals surface area contributed by atoms with Crippen LogP contribution < -0.4 is 24.3 Å². The zero-order valence-electron chi connectivity index (χ0n) is 16.4. The van der Waals surface area contributed by atoms with Crippen LogP contribution in [-0.2, 0) is 9.59 Å². The lowest BCUT2D eigenvalue weighted by Gasteiger charge is -2.16. The largest absolute Gasteiger partial charge is 0.507 e. The van der Waals surface area contributed by atoms with Gasteiger partial charge in [-0.25, -0.2) is 0 Å². The van der Waals surface area contributed by atoms with E-state index in [1.165, 1.54) is 34.5 Å². The minimum atomic E-state index is -0.845. The minimum absolute atomic E-state index is 0.0607. The molecule has 0 aliphatic carbocycles. The molecular weight excluding hydrogens is 378 g/mol. The van der Waals surface area contributed by atoms with Gasteiger partial charge >= 0.3 is 0 Å². The molecule has 29 heavy (non-hydrogen) atoms. The van der Waals surface area contributed by atoms with Crippen molar-refractivity contribution in [1.29, 1.82) is 0 Å². The van der Waals surface area contributed by atoms with Gasteiger partial charge in [-0.15, -0.1) is 0 Å². The molecule has 1 atom stereocenters. The maximum Gasteiger partial charge on any atom is 0.293 e. The second-order valence-electron chi connectivity index (χ2n) is 6.18. The van der Waals surface area contributed by atoms with Gasteiger partial charge in [0, 0.05) is 5.56 Å². The Bertz CT molecular complexity index is 997. The monoisotopic (exact) mass is 399 g/mol. The van der Waals surface area contributed by atoms with E-state index >= 15 is 0 Å². The summed E-state index contributed by atoms with van der Waals surface area (Å²) in [6.45, 7) is 0. The molecule has 1 heterocycles. The summed E-state index contributed by atoms with van der Waals surface area (Å²) in [5.74, 6) is -0.148. The smallest absolute Gasteiger partial charge is 0.293 e. The quantitative estimate of drug-likeness (QED) is 0.437. The number of aliphatic hydroxyl groups excluding tert-OH is 1. The number of ether oxygens (including phenoxy) is 4. The Hall–Kier alpha value is -3.68. The summed E-state index contributed by atoms with van der Waals surface area (Å²) in [5, 5.41) is 13.5. The number of Topliss-reactive ketones (excluding diaryl/α,β-unsaturated/α-hetero) is 1. The van der Waals surface area contributed by atoms with E-state index in [1.54, 1.807) is 30.3 Å². The van der Waals surface area contributed by atoms with Gasteiger partial charge in [0.05, 0.1) is 40.1 Å². The fourth-order valence-electron chi connectivity index (χ4n) is 3.19. The first kappa shape index (κ1) is 20.1. The molecule has 2 aromatic carbocycles. The standard InChI is InChI=1S/C21H21NO7/c1-26-13-7-5-11(9-15(13)28-3)18-17(20(24)21(25)22-18)19(23)12-6-8-14(27-2)16(10-12)29-4/h5-10,18,23H,1-4H3,(H,22,25)/b19-17-. The number of benzene rings is 2. The van der Waals surface area contributed by atoms with Gasteiger partial charge in [-0.05, 0) is 35.9 Å². The summed E-state index contributed by atoms with van der Waals surface area (Å²) in [6, 6.07) is 8.85. The molecule has 2 N–H and O–H groups in total. The zero-order valence-corrected chi connectivity index (χ0v) is 16.4. The van der Waals surface area contributed by atoms with Gasteiger partial charge in [-0.3, -0.25) is 9.59 Å². The number of carbonyl (C=O) groups is 2. The molecule has 8 nitrogen and oxygen atoms in total. The molecule has 152 valence electrons. The van der Waals surface area contributed by atoms with Crippen molar-refractivity contribution in [3.05, 3.63) is 53.1 Å². The number of carbonyl (C=O) groups excluding carboxylic acids is 2. The Kier molecular flexibility index (Phi) is 5.63. The Labute approximate surface area is 167 Å². The molecule has 1 saturated heterocycles. The molecule has 0 spiro atoms. The van der Waals surface area contributed by atoms with Gasteiger partial charge in [0.15, 0.2) is 23.0 Å². The van der Waals surface area contributed by atoms with Crippen LogP contribution in [0.5, 0.6) is 23.0 Å². The normalized spacial score (nSPS) is 17.6. The number of nitrogens with one attached hydrogen (secondary N) is 1. The van der Waals surface area contributed by atoms with Crippen molar-refractivity contribution >= 4 is 17.4 Å². The summed E-state index contributed by atoms with van der Waals surface area (Å²) in [7, 11) is 5.95. The SMILES string of the molecule is COc1ccc(/C(O)=C2/C(=O)C(=O)NC2c2ccc(OC)c(OC)c2)cc1OC. The fourth-order valence-corrected chi connectivity index (χ4v) is 3.19. The predicted octanol–water partition coefficient (Wildman–Crippen LogP) is 2.43. The number of amides is 1. The average Bonchev–Trinajstić information content (AvgIpc) is 3.06. The van der Waals surface area contributed by atoms with E-state index in [9.17, 15) is 14.7 Å². The topological polar surface area (TPSA) is 103 Å². The van der Waals surface area contributed by atoms with Crippen LogP contribution in [-0.4, -0.2) is 45.2 Å². The van der Waals surface area contributed by atoms with Gasteiger partial charge in [0.25, 0.3) is 11.7 Å². The van der Waals surface area contributed by atoms with Gasteiger partial charge in [-0.2, -0.15) is 0 Å². The Balaban J connectivity index is 2.12. The molecule has 8 heteroatoms. The third kappa shape index (κ3) is 3.56. The highest BCUT2D eigenvalue weighted by Crippen LogP contribution is 2.38. The van der Waals surface area contributed by atoms with E-state index in [-0.39, 0.29) is 11.3 Å². The highest BCUT2D eigenvalue weighted by Gasteiger charge is 2.40. The number of methoxy groups -OCH3 is 4. The van der Waals surface area contributed by atoms with Crippen molar-refractivity contribution < 1.29 is 33.6 Å². The summed E-state index contributed by atoms with van der Waals surface area (Å²) in [4.78, 5) is 24.6. The molecule has 0 aromatic heterocycles. The third-order valence-electron chi connectivity index (χ3n) is 4.67. The van der Waals surface area contributed by atoms with Crippen LogP contribution in [0, 0.1) is 0 Å². The first-order valence-corrected chi connectivity index (χ1v) is 8.67. The first-order chi connectivity index (χ1) is 13.9. The maximum atomic E-state index is 12.5. The second kappa shape index (κ2) is 8.14. The molecular formula is C21H21NO7. The van der Waals surface area contributed by atoms with Crippen LogP contribution in [0.1, 0.15) is 17.2 Å². The van der Waals surface area contributed by atoms with Crippen LogP contribution in [0.2, 0.25) is 0 Å². The molecule has 1 fully saturated rings. The molecule has 1 aliphatic rings. The Morgan fingerprint density at radius 1 is 0.828 bits per heavy atom. The van der Waals surface area contributed by atoms with Crippen molar-refractivity contribution in [3.63, 3.8) is 0 Å². The van der Waals surface area contributed by atoms with E-state index in [0.717, 1.165) is 0 Å². The summed E-state index contributed by atoms with van der Waals surface area (Å²) in [5.41, 5.74) is 0.811. The molecule has 2 aromatic rings. The third-order valence-corrected chi connectivity index (χ3v) is 4.67. The van der Waals surface area contributed by atoms with Crippen molar-refractivity contribution in [2.45, 2.75) is 6.04 Å². The van der Waals surface area contributed by atoms with Crippen LogP contribution >= 0.6 is 0 Å². The summed E-state index contributed by atoms with van der Waals surface area (Å²) < 4.78 is 21.0. The minimum Gasteiger partial charge on any atom is -0.507 e. The highest BCUT2D eigenvalue weighted by molar-refractivity contribution is 6.46. The van der Waals surface area contributed by atoms with Gasteiger partial charge in [0.2, 0.25) is 0 Å². The molecule has 1 unspecified atom stereocenters. The summed E-state index contributed by atoms with van der Waals surface area (Å²) >= 11 is 0. The maximum absolute atomic E-state index is 12.5. The van der Waals surface area contributed by atoms with Crippen molar-refractivity contribution in [1.82, 2.24) is 5.32 Å². The molecule has 0 radical (unpaired) electrons. The van der Waals surface area contributed by atoms with Crippen molar-refractivity contribution in [2.75, 3.05) is 28.4 Å². The average molecular weight is 399 g/mol. The van der Waals surface area contributed by atoms with E-state index in [4.69, 9.17) is 18.9 Å². The van der Waals surface area contributed by atoms with Gasteiger partial charge in [0.1, 0.15) is 5.76 Å². The number of rotatable bonds is 6.